The molecule has 144 valence electrons. The zero-order chi connectivity index (χ0) is 19.7. The number of thiophene rings is 1. The number of ether oxygens (including phenoxy) is 1. The van der Waals surface area contributed by atoms with Crippen molar-refractivity contribution in [3.8, 4) is 17.1 Å². The molecule has 0 fully saturated rings. The van der Waals surface area contributed by atoms with Crippen LogP contribution in [0.1, 0.15) is 33.1 Å². The van der Waals surface area contributed by atoms with Crippen molar-refractivity contribution in [1.29, 1.82) is 0 Å². The van der Waals surface area contributed by atoms with Gasteiger partial charge in [-0.3, -0.25) is 9.59 Å². The lowest BCUT2D eigenvalue weighted by Crippen LogP contribution is -2.22. The smallest absolute Gasteiger partial charge is 0.262 e. The highest BCUT2D eigenvalue weighted by Crippen LogP contribution is 2.38. The van der Waals surface area contributed by atoms with Gasteiger partial charge in [-0.25, -0.2) is 0 Å². The molecule has 0 saturated heterocycles. The summed E-state index contributed by atoms with van der Waals surface area (Å²) in [4.78, 5) is 29.3. The number of amides is 2. The van der Waals surface area contributed by atoms with Crippen molar-refractivity contribution in [1.82, 2.24) is 10.1 Å². The van der Waals surface area contributed by atoms with E-state index in [1.165, 1.54) is 11.3 Å². The van der Waals surface area contributed by atoms with Gasteiger partial charge in [-0.15, -0.1) is 11.3 Å². The normalized spacial score (nSPS) is 12.6. The number of benzene rings is 1. The Labute approximate surface area is 164 Å². The average molecular weight is 398 g/mol. The van der Waals surface area contributed by atoms with E-state index >= 15 is 0 Å². The van der Waals surface area contributed by atoms with Crippen LogP contribution in [0.2, 0.25) is 0 Å². The minimum Gasteiger partial charge on any atom is -0.484 e. The van der Waals surface area contributed by atoms with Gasteiger partial charge < -0.3 is 20.3 Å². The van der Waals surface area contributed by atoms with Crippen molar-refractivity contribution in [3.63, 3.8) is 0 Å². The SMILES string of the molecule is Cc1nc(-c2ccc(OCC(=O)Nc3sc4c(c3C(N)=O)CCC4)cc2)no1. The van der Waals surface area contributed by atoms with Crippen LogP contribution in [0.4, 0.5) is 5.00 Å². The van der Waals surface area contributed by atoms with Crippen LogP contribution in [0.5, 0.6) is 5.75 Å². The molecule has 2 amide bonds. The summed E-state index contributed by atoms with van der Waals surface area (Å²) in [6.07, 6.45) is 2.75. The van der Waals surface area contributed by atoms with Crippen LogP contribution in [-0.2, 0) is 17.6 Å². The molecule has 0 saturated carbocycles. The highest BCUT2D eigenvalue weighted by Gasteiger charge is 2.26. The fraction of sp³-hybridized carbons (Fsp3) is 0.263. The summed E-state index contributed by atoms with van der Waals surface area (Å²) >= 11 is 1.42. The molecule has 2 heterocycles. The van der Waals surface area contributed by atoms with Gasteiger partial charge in [0, 0.05) is 17.4 Å². The summed E-state index contributed by atoms with van der Waals surface area (Å²) in [6.45, 7) is 1.54. The molecule has 0 spiro atoms. The number of fused-ring (bicyclic) bond motifs is 1. The summed E-state index contributed by atoms with van der Waals surface area (Å²) in [6, 6.07) is 7.02. The third-order valence-corrected chi connectivity index (χ3v) is 5.64. The highest BCUT2D eigenvalue weighted by atomic mass is 32.1. The number of nitrogens with one attached hydrogen (secondary N) is 1. The van der Waals surface area contributed by atoms with Crippen LogP contribution >= 0.6 is 11.3 Å². The lowest BCUT2D eigenvalue weighted by atomic mass is 10.1. The third-order valence-electron chi connectivity index (χ3n) is 4.43. The van der Waals surface area contributed by atoms with Crippen LogP contribution in [0.25, 0.3) is 11.4 Å². The van der Waals surface area contributed by atoms with Gasteiger partial charge in [0.15, 0.2) is 6.61 Å². The first-order valence-electron chi connectivity index (χ1n) is 8.79. The monoisotopic (exact) mass is 398 g/mol. The molecule has 28 heavy (non-hydrogen) atoms. The molecule has 2 aromatic heterocycles. The van der Waals surface area contributed by atoms with E-state index in [1.807, 2.05) is 0 Å². The van der Waals surface area contributed by atoms with Gasteiger partial charge in [0.25, 0.3) is 11.8 Å². The second-order valence-electron chi connectivity index (χ2n) is 6.42. The summed E-state index contributed by atoms with van der Waals surface area (Å²) < 4.78 is 10.5. The van der Waals surface area contributed by atoms with Gasteiger partial charge in [-0.05, 0) is 49.1 Å². The van der Waals surface area contributed by atoms with E-state index in [2.05, 4.69) is 15.5 Å². The molecule has 9 heteroatoms. The van der Waals surface area contributed by atoms with Crippen molar-refractivity contribution < 1.29 is 18.8 Å². The number of hydrogen-bond acceptors (Lipinski definition) is 7. The zero-order valence-electron chi connectivity index (χ0n) is 15.2. The summed E-state index contributed by atoms with van der Waals surface area (Å²) in [5.74, 6) is 0.652. The van der Waals surface area contributed by atoms with E-state index in [1.54, 1.807) is 31.2 Å². The first-order chi connectivity index (χ1) is 13.5. The molecule has 8 nitrogen and oxygen atoms in total. The Kier molecular flexibility index (Phi) is 4.82. The lowest BCUT2D eigenvalue weighted by molar-refractivity contribution is -0.118. The third kappa shape index (κ3) is 3.61. The number of nitrogens with zero attached hydrogens (tertiary/aromatic N) is 2. The van der Waals surface area contributed by atoms with Crippen molar-refractivity contribution >= 4 is 28.2 Å². The maximum absolute atomic E-state index is 12.3. The maximum atomic E-state index is 12.3. The molecule has 1 aromatic carbocycles. The van der Waals surface area contributed by atoms with Crippen LogP contribution in [-0.4, -0.2) is 28.6 Å². The molecule has 3 N–H and O–H groups in total. The predicted molar refractivity (Wildman–Crippen MR) is 103 cm³/mol. The number of rotatable bonds is 6. The summed E-state index contributed by atoms with van der Waals surface area (Å²) in [7, 11) is 0. The standard InChI is InChI=1S/C19H18N4O4S/c1-10-21-18(23-27-10)11-5-7-12(8-6-11)26-9-15(24)22-19-16(17(20)25)13-3-2-4-14(13)28-19/h5-8H,2-4,9H2,1H3,(H2,20,25)(H,22,24). The molecule has 0 bridgehead atoms. The quantitative estimate of drug-likeness (QED) is 0.659. The van der Waals surface area contributed by atoms with E-state index in [9.17, 15) is 9.59 Å². The number of aromatic nitrogens is 2. The van der Waals surface area contributed by atoms with E-state index in [0.717, 1.165) is 35.3 Å². The van der Waals surface area contributed by atoms with Crippen molar-refractivity contribution in [2.24, 2.45) is 5.73 Å². The lowest BCUT2D eigenvalue weighted by Gasteiger charge is -2.08. The van der Waals surface area contributed by atoms with Gasteiger partial charge in [-0.2, -0.15) is 4.98 Å². The molecule has 0 radical (unpaired) electrons. The number of anilines is 1. The molecule has 1 aliphatic rings. The van der Waals surface area contributed by atoms with Gasteiger partial charge >= 0.3 is 0 Å². The minimum atomic E-state index is -0.511. The van der Waals surface area contributed by atoms with E-state index < -0.39 is 5.91 Å². The van der Waals surface area contributed by atoms with Gasteiger partial charge in [-0.1, -0.05) is 5.16 Å². The Morgan fingerprint density at radius 1 is 1.29 bits per heavy atom. The fourth-order valence-electron chi connectivity index (χ4n) is 3.18. The van der Waals surface area contributed by atoms with Gasteiger partial charge in [0.05, 0.1) is 5.56 Å². The second kappa shape index (κ2) is 7.43. The average Bonchev–Trinajstić information content (AvgIpc) is 3.36. The first kappa shape index (κ1) is 18.2. The molecular formula is C19H18N4O4S. The van der Waals surface area contributed by atoms with E-state index in [4.69, 9.17) is 15.0 Å². The van der Waals surface area contributed by atoms with E-state index in [0.29, 0.717) is 28.0 Å². The molecule has 1 aliphatic carbocycles. The predicted octanol–water partition coefficient (Wildman–Crippen LogP) is 2.71. The second-order valence-corrected chi connectivity index (χ2v) is 7.53. The summed E-state index contributed by atoms with van der Waals surface area (Å²) in [5.41, 5.74) is 7.70. The van der Waals surface area contributed by atoms with Crippen molar-refractivity contribution in [2.45, 2.75) is 26.2 Å². The largest absolute Gasteiger partial charge is 0.484 e. The highest BCUT2D eigenvalue weighted by molar-refractivity contribution is 7.17. The molecule has 3 aromatic rings. The van der Waals surface area contributed by atoms with Crippen LogP contribution in [0.15, 0.2) is 28.8 Å². The zero-order valence-corrected chi connectivity index (χ0v) is 16.0. The number of hydrogen-bond donors (Lipinski definition) is 2. The molecular weight excluding hydrogens is 380 g/mol. The molecule has 0 aliphatic heterocycles. The number of nitrogens with two attached hydrogens (primary N) is 1. The Hall–Kier alpha value is -3.20. The first-order valence-corrected chi connectivity index (χ1v) is 9.60. The Morgan fingerprint density at radius 3 is 2.75 bits per heavy atom. The van der Waals surface area contributed by atoms with Crippen LogP contribution in [0, 0.1) is 6.92 Å². The Bertz CT molecular complexity index is 1040. The minimum absolute atomic E-state index is 0.179. The Balaban J connectivity index is 1.38. The number of aryl methyl sites for hydroxylation is 2. The van der Waals surface area contributed by atoms with Gasteiger partial charge in [0.1, 0.15) is 10.8 Å². The van der Waals surface area contributed by atoms with Crippen molar-refractivity contribution in [2.75, 3.05) is 11.9 Å². The molecule has 0 atom stereocenters. The van der Waals surface area contributed by atoms with Crippen LogP contribution in [0.3, 0.4) is 0 Å². The van der Waals surface area contributed by atoms with Crippen LogP contribution < -0.4 is 15.8 Å². The number of carbonyl (C=O) groups is 2. The number of primary amides is 1. The maximum Gasteiger partial charge on any atom is 0.262 e. The Morgan fingerprint density at radius 2 is 2.07 bits per heavy atom. The number of carbonyl (C=O) groups excluding carboxylic acids is 2. The fourth-order valence-corrected chi connectivity index (χ4v) is 4.49. The summed E-state index contributed by atoms with van der Waals surface area (Å²) in [5, 5.41) is 7.11. The molecule has 4 rings (SSSR count). The topological polar surface area (TPSA) is 120 Å². The van der Waals surface area contributed by atoms with Gasteiger partial charge in [0.2, 0.25) is 11.7 Å². The van der Waals surface area contributed by atoms with E-state index in [-0.39, 0.29) is 12.5 Å². The molecule has 0 unspecified atom stereocenters. The van der Waals surface area contributed by atoms with Crippen molar-refractivity contribution in [3.05, 3.63) is 46.2 Å².